The average molecular weight is 144 g/mol. The molecule has 0 aliphatic carbocycles. The molecule has 0 saturated carbocycles. The highest BCUT2D eigenvalue weighted by Crippen LogP contribution is 2.12. The molecule has 0 amide bonds. The highest BCUT2D eigenvalue weighted by atomic mass is 15.2. The highest BCUT2D eigenvalue weighted by Gasteiger charge is 2.10. The first kappa shape index (κ1) is 6.16. The Morgan fingerprint density at radius 1 is 1.09 bits per heavy atom. The van der Waals surface area contributed by atoms with Gasteiger partial charge in [0.2, 0.25) is 0 Å². The molecule has 0 spiro atoms. The SMILES string of the molecule is C1=CN(c2ccccc2)C=[N+]1. The largest absolute Gasteiger partial charge is 0.291 e. The number of hydrogen-bond acceptors (Lipinski definition) is 2. The molecule has 0 saturated heterocycles. The molecule has 1 aliphatic rings. The Balaban J connectivity index is 2.30. The van der Waals surface area contributed by atoms with Gasteiger partial charge in [0.1, 0.15) is 11.9 Å². The zero-order valence-corrected chi connectivity index (χ0v) is 6.01. The second-order valence-electron chi connectivity index (χ2n) is 2.31. The molecule has 53 valence electrons. The van der Waals surface area contributed by atoms with E-state index in [1.807, 2.05) is 41.4 Å². The van der Waals surface area contributed by atoms with Gasteiger partial charge in [-0.05, 0) is 12.1 Å². The van der Waals surface area contributed by atoms with E-state index in [1.165, 1.54) is 0 Å². The van der Waals surface area contributed by atoms with Crippen LogP contribution in [0.15, 0.2) is 42.7 Å². The maximum absolute atomic E-state index is 3.96. The summed E-state index contributed by atoms with van der Waals surface area (Å²) in [7, 11) is 0. The van der Waals surface area contributed by atoms with Crippen LogP contribution in [0.1, 0.15) is 0 Å². The van der Waals surface area contributed by atoms with E-state index in [4.69, 9.17) is 0 Å². The van der Waals surface area contributed by atoms with Gasteiger partial charge in [-0.15, -0.1) is 0 Å². The van der Waals surface area contributed by atoms with Crippen LogP contribution in [0.3, 0.4) is 0 Å². The fraction of sp³-hybridized carbons (Fsp3) is 0. The first-order valence-corrected chi connectivity index (χ1v) is 3.50. The molecule has 1 aliphatic heterocycles. The second kappa shape index (κ2) is 2.58. The summed E-state index contributed by atoms with van der Waals surface area (Å²) in [6.07, 6.45) is 5.48. The first-order chi connectivity index (χ1) is 5.47. The third-order valence-electron chi connectivity index (χ3n) is 1.56. The fourth-order valence-corrected chi connectivity index (χ4v) is 1.01. The quantitative estimate of drug-likeness (QED) is 0.581. The van der Waals surface area contributed by atoms with Crippen LogP contribution in [0.5, 0.6) is 0 Å². The number of benzene rings is 1. The van der Waals surface area contributed by atoms with Crippen molar-refractivity contribution in [3.05, 3.63) is 42.7 Å². The summed E-state index contributed by atoms with van der Waals surface area (Å²) in [6.45, 7) is 0. The van der Waals surface area contributed by atoms with Crippen LogP contribution >= 0.6 is 0 Å². The summed E-state index contributed by atoms with van der Waals surface area (Å²) in [5.41, 5.74) is 1.14. The monoisotopic (exact) mass is 144 g/mol. The summed E-state index contributed by atoms with van der Waals surface area (Å²) < 4.78 is 0. The van der Waals surface area contributed by atoms with Gasteiger partial charge in [0.25, 0.3) is 6.34 Å². The van der Waals surface area contributed by atoms with Gasteiger partial charge in [0, 0.05) is 0 Å². The zero-order valence-electron chi connectivity index (χ0n) is 6.01. The van der Waals surface area contributed by atoms with Gasteiger partial charge in [-0.3, -0.25) is 0 Å². The molecule has 11 heavy (non-hydrogen) atoms. The Labute approximate surface area is 65.5 Å². The fourth-order valence-electron chi connectivity index (χ4n) is 1.01. The molecule has 0 fully saturated rings. The minimum atomic E-state index is 1.14. The predicted octanol–water partition coefficient (Wildman–Crippen LogP) is 1.34. The topological polar surface area (TPSA) is 17.3 Å². The van der Waals surface area contributed by atoms with Crippen molar-refractivity contribution in [2.45, 2.75) is 0 Å². The molecular formula is C9H8N2+. The molecule has 0 bridgehead atoms. The van der Waals surface area contributed by atoms with Gasteiger partial charge >= 0.3 is 0 Å². The average Bonchev–Trinajstić information content (AvgIpc) is 2.58. The van der Waals surface area contributed by atoms with Crippen LogP contribution < -0.4 is 9.89 Å². The van der Waals surface area contributed by atoms with Crippen LogP contribution in [0.4, 0.5) is 5.69 Å². The smallest absolute Gasteiger partial charge is 0.199 e. The maximum atomic E-state index is 3.96. The van der Waals surface area contributed by atoms with Crippen LogP contribution in [0.2, 0.25) is 0 Å². The molecule has 0 atom stereocenters. The van der Waals surface area contributed by atoms with Crippen molar-refractivity contribution in [3.8, 4) is 0 Å². The molecule has 0 N–H and O–H groups in total. The molecule has 1 aromatic carbocycles. The summed E-state index contributed by atoms with van der Waals surface area (Å²) in [5, 5.41) is 0. The number of rotatable bonds is 1. The number of aliphatic imine (C=N–C) groups is 1. The summed E-state index contributed by atoms with van der Waals surface area (Å²) >= 11 is 0. The molecular weight excluding hydrogens is 136 g/mol. The number of nitrogens with zero attached hydrogens (tertiary/aromatic N) is 2. The highest BCUT2D eigenvalue weighted by molar-refractivity contribution is 5.82. The lowest BCUT2D eigenvalue weighted by Gasteiger charge is -2.00. The Bertz CT molecular complexity index is 276. The van der Waals surface area contributed by atoms with Crippen LogP contribution in [0.25, 0.3) is 0 Å². The van der Waals surface area contributed by atoms with Crippen LogP contribution in [0, 0.1) is 0 Å². The molecule has 0 unspecified atom stereocenters. The first-order valence-electron chi connectivity index (χ1n) is 3.50. The Hall–Kier alpha value is -1.57. The minimum absolute atomic E-state index is 1.14. The molecule has 2 rings (SSSR count). The van der Waals surface area contributed by atoms with Gasteiger partial charge in [0.05, 0.1) is 0 Å². The van der Waals surface area contributed by atoms with E-state index in [9.17, 15) is 0 Å². The van der Waals surface area contributed by atoms with E-state index < -0.39 is 0 Å². The molecule has 2 nitrogen and oxygen atoms in total. The third kappa shape index (κ3) is 1.15. The van der Waals surface area contributed by atoms with Gasteiger partial charge in [-0.2, -0.15) is 4.90 Å². The third-order valence-corrected chi connectivity index (χ3v) is 1.56. The Morgan fingerprint density at radius 2 is 1.91 bits per heavy atom. The summed E-state index contributed by atoms with van der Waals surface area (Å²) in [6, 6.07) is 10.1. The van der Waals surface area contributed by atoms with E-state index in [1.54, 1.807) is 12.5 Å². The lowest BCUT2D eigenvalue weighted by atomic mass is 10.3. The molecule has 1 aromatic rings. The molecule has 1 heterocycles. The van der Waals surface area contributed by atoms with Gasteiger partial charge in [-0.1, -0.05) is 23.2 Å². The lowest BCUT2D eigenvalue weighted by molar-refractivity contribution is 1.41. The normalized spacial score (nSPS) is 14.4. The van der Waals surface area contributed by atoms with E-state index in [-0.39, 0.29) is 0 Å². The molecule has 1 radical (unpaired) electrons. The lowest BCUT2D eigenvalue weighted by Crippen LogP contribution is -2.10. The van der Waals surface area contributed by atoms with Crippen molar-refractivity contribution in [1.82, 2.24) is 4.99 Å². The number of anilines is 1. The van der Waals surface area contributed by atoms with Crippen LogP contribution in [-0.4, -0.2) is 6.34 Å². The van der Waals surface area contributed by atoms with Crippen molar-refractivity contribution in [1.29, 1.82) is 0 Å². The Morgan fingerprint density at radius 3 is 2.55 bits per heavy atom. The van der Waals surface area contributed by atoms with E-state index in [0.717, 1.165) is 5.69 Å². The van der Waals surface area contributed by atoms with Gasteiger partial charge in [0.15, 0.2) is 6.20 Å². The van der Waals surface area contributed by atoms with Crippen molar-refractivity contribution in [3.63, 3.8) is 0 Å². The van der Waals surface area contributed by atoms with Gasteiger partial charge < -0.3 is 0 Å². The van der Waals surface area contributed by atoms with E-state index >= 15 is 0 Å². The predicted molar refractivity (Wildman–Crippen MR) is 46.3 cm³/mol. The second-order valence-corrected chi connectivity index (χ2v) is 2.31. The van der Waals surface area contributed by atoms with E-state index in [2.05, 4.69) is 4.99 Å². The standard InChI is InChI=1S/C9H8N2/c1-2-4-9(5-3-1)11-7-6-10-8-11/h1-8H/q+1. The van der Waals surface area contributed by atoms with Crippen molar-refractivity contribution in [2.75, 3.05) is 4.90 Å². The summed E-state index contributed by atoms with van der Waals surface area (Å²) in [5.74, 6) is 0. The van der Waals surface area contributed by atoms with Crippen molar-refractivity contribution in [2.24, 2.45) is 0 Å². The summed E-state index contributed by atoms with van der Waals surface area (Å²) in [4.78, 5) is 5.93. The Kier molecular flexibility index (Phi) is 1.44. The molecule has 2 heteroatoms. The van der Waals surface area contributed by atoms with Gasteiger partial charge in [-0.25, -0.2) is 0 Å². The van der Waals surface area contributed by atoms with Crippen molar-refractivity contribution >= 4 is 12.0 Å². The zero-order chi connectivity index (χ0) is 7.52. The minimum Gasteiger partial charge on any atom is -0.199 e. The number of hydrogen-bond donors (Lipinski definition) is 0. The van der Waals surface area contributed by atoms with Crippen molar-refractivity contribution < 1.29 is 0 Å². The molecule has 0 aromatic heterocycles. The van der Waals surface area contributed by atoms with E-state index in [0.29, 0.717) is 0 Å². The van der Waals surface area contributed by atoms with Crippen LogP contribution in [-0.2, 0) is 0 Å². The number of para-hydroxylation sites is 1. The maximum Gasteiger partial charge on any atom is 0.291 e.